The van der Waals surface area contributed by atoms with Crippen LogP contribution in [0, 0.1) is 0 Å². The van der Waals surface area contributed by atoms with E-state index in [9.17, 15) is 13.2 Å². The van der Waals surface area contributed by atoms with Gasteiger partial charge in [-0.15, -0.1) is 0 Å². The van der Waals surface area contributed by atoms with E-state index in [1.54, 1.807) is 23.9 Å². The summed E-state index contributed by atoms with van der Waals surface area (Å²) in [6.07, 6.45) is 3.13. The van der Waals surface area contributed by atoms with Gasteiger partial charge in [0.15, 0.2) is 9.84 Å². The number of amides is 1. The summed E-state index contributed by atoms with van der Waals surface area (Å²) in [6.45, 7) is 0.111. The van der Waals surface area contributed by atoms with Gasteiger partial charge in [-0.3, -0.25) is 4.79 Å². The predicted molar refractivity (Wildman–Crippen MR) is 105 cm³/mol. The first-order valence-corrected chi connectivity index (χ1v) is 11.2. The largest absolute Gasteiger partial charge is 0.324 e. The van der Waals surface area contributed by atoms with Gasteiger partial charge in [-0.1, -0.05) is 18.2 Å². The fourth-order valence-electron chi connectivity index (χ4n) is 2.69. The summed E-state index contributed by atoms with van der Waals surface area (Å²) in [5.41, 5.74) is 2.20. The van der Waals surface area contributed by atoms with Gasteiger partial charge < -0.3 is 9.88 Å². The number of fused-ring (bicyclic) bond motifs is 1. The zero-order valence-corrected chi connectivity index (χ0v) is 16.1. The van der Waals surface area contributed by atoms with Crippen LogP contribution in [0.25, 0.3) is 11.0 Å². The van der Waals surface area contributed by atoms with Crippen molar-refractivity contribution in [2.45, 2.75) is 17.2 Å². The minimum Gasteiger partial charge on any atom is -0.324 e. The van der Waals surface area contributed by atoms with E-state index in [0.717, 1.165) is 23.1 Å². The van der Waals surface area contributed by atoms with Gasteiger partial charge in [0.05, 0.1) is 21.7 Å². The molecule has 0 spiro atoms. The molecule has 6 nitrogen and oxygen atoms in total. The van der Waals surface area contributed by atoms with E-state index in [-0.39, 0.29) is 17.3 Å². The molecule has 0 saturated carbocycles. The van der Waals surface area contributed by atoms with Gasteiger partial charge in [0.2, 0.25) is 5.91 Å². The molecule has 0 aliphatic heterocycles. The van der Waals surface area contributed by atoms with E-state index in [1.165, 1.54) is 12.1 Å². The Bertz CT molecular complexity index is 1060. The van der Waals surface area contributed by atoms with E-state index in [0.29, 0.717) is 11.4 Å². The Kier molecular flexibility index (Phi) is 5.33. The highest BCUT2D eigenvalue weighted by molar-refractivity contribution is 7.97. The maximum Gasteiger partial charge on any atom is 0.244 e. The van der Waals surface area contributed by atoms with Crippen LogP contribution in [0.15, 0.2) is 53.4 Å². The lowest BCUT2D eigenvalue weighted by molar-refractivity contribution is -0.116. The number of hydrogen-bond acceptors (Lipinski definition) is 5. The number of carbonyl (C=O) groups is 1. The van der Waals surface area contributed by atoms with Crippen LogP contribution in [0.2, 0.25) is 0 Å². The molecular weight excluding hydrogens is 370 g/mol. The zero-order valence-electron chi connectivity index (χ0n) is 14.5. The predicted octanol–water partition coefficient (Wildman–Crippen LogP) is 2.94. The number of hydrogen-bond donors (Lipinski definition) is 1. The first kappa shape index (κ1) is 18.5. The highest BCUT2D eigenvalue weighted by Crippen LogP contribution is 2.20. The number of sulfone groups is 1. The molecule has 1 N–H and O–H groups in total. The maximum absolute atomic E-state index is 12.5. The lowest BCUT2D eigenvalue weighted by atomic mass is 10.3. The van der Waals surface area contributed by atoms with Gasteiger partial charge in [-0.2, -0.15) is 11.8 Å². The van der Waals surface area contributed by atoms with E-state index >= 15 is 0 Å². The second kappa shape index (κ2) is 7.51. The van der Waals surface area contributed by atoms with Crippen LogP contribution in [0.5, 0.6) is 0 Å². The van der Waals surface area contributed by atoms with Crippen molar-refractivity contribution in [1.82, 2.24) is 9.55 Å². The molecule has 2 aromatic carbocycles. The number of anilines is 1. The molecule has 0 unspecified atom stereocenters. The van der Waals surface area contributed by atoms with Crippen LogP contribution in [-0.2, 0) is 26.9 Å². The molecule has 0 atom stereocenters. The first-order chi connectivity index (χ1) is 12.4. The number of imidazole rings is 1. The van der Waals surface area contributed by atoms with Crippen molar-refractivity contribution in [3.63, 3.8) is 0 Å². The van der Waals surface area contributed by atoms with Crippen LogP contribution >= 0.6 is 11.8 Å². The number of rotatable bonds is 6. The molecule has 136 valence electrons. The summed E-state index contributed by atoms with van der Waals surface area (Å²) >= 11 is 1.64. The molecule has 26 heavy (non-hydrogen) atoms. The molecule has 1 aromatic heterocycles. The summed E-state index contributed by atoms with van der Waals surface area (Å²) in [6, 6.07) is 13.9. The number of aromatic nitrogens is 2. The number of carbonyl (C=O) groups excluding carboxylic acids is 1. The molecule has 8 heteroatoms. The lowest BCUT2D eigenvalue weighted by Crippen LogP contribution is -2.20. The second-order valence-corrected chi connectivity index (χ2v) is 8.77. The molecule has 3 rings (SSSR count). The molecule has 0 fully saturated rings. The molecule has 0 bridgehead atoms. The van der Waals surface area contributed by atoms with Crippen molar-refractivity contribution >= 4 is 44.2 Å². The minimum absolute atomic E-state index is 0.111. The third-order valence-corrected chi connectivity index (χ3v) is 5.51. The summed E-state index contributed by atoms with van der Waals surface area (Å²) in [4.78, 5) is 17.3. The number of thioether (sulfide) groups is 1. The van der Waals surface area contributed by atoms with Crippen LogP contribution in [0.1, 0.15) is 5.82 Å². The SMILES string of the molecule is CSCc1nc2ccccc2n1CC(=O)Nc1cccc(S(C)(=O)=O)c1. The van der Waals surface area contributed by atoms with Gasteiger partial charge in [-0.05, 0) is 36.6 Å². The average molecular weight is 390 g/mol. The Morgan fingerprint density at radius 3 is 2.69 bits per heavy atom. The molecule has 0 saturated heterocycles. The van der Waals surface area contributed by atoms with E-state index < -0.39 is 9.84 Å². The standard InChI is InChI=1S/C18H19N3O3S2/c1-25-12-17-20-15-8-3-4-9-16(15)21(17)11-18(22)19-13-6-5-7-14(10-13)26(2,23)24/h3-10H,11-12H2,1-2H3,(H,19,22). The van der Waals surface area contributed by atoms with Crippen molar-refractivity contribution in [2.24, 2.45) is 0 Å². The Morgan fingerprint density at radius 2 is 1.96 bits per heavy atom. The number of para-hydroxylation sites is 2. The smallest absolute Gasteiger partial charge is 0.244 e. The van der Waals surface area contributed by atoms with Crippen LogP contribution in [0.4, 0.5) is 5.69 Å². The van der Waals surface area contributed by atoms with Crippen molar-refractivity contribution in [3.05, 3.63) is 54.4 Å². The highest BCUT2D eigenvalue weighted by Gasteiger charge is 2.14. The van der Waals surface area contributed by atoms with Crippen LogP contribution in [0.3, 0.4) is 0 Å². The lowest BCUT2D eigenvalue weighted by Gasteiger charge is -2.10. The normalized spacial score (nSPS) is 11.6. The fraction of sp³-hybridized carbons (Fsp3) is 0.222. The second-order valence-electron chi connectivity index (χ2n) is 5.88. The average Bonchev–Trinajstić information content (AvgIpc) is 2.92. The van der Waals surface area contributed by atoms with E-state index in [2.05, 4.69) is 10.3 Å². The third-order valence-electron chi connectivity index (χ3n) is 3.85. The van der Waals surface area contributed by atoms with Crippen molar-refractivity contribution in [2.75, 3.05) is 17.8 Å². The zero-order chi connectivity index (χ0) is 18.7. The van der Waals surface area contributed by atoms with Gasteiger partial charge in [0, 0.05) is 11.9 Å². The molecule has 0 aliphatic carbocycles. The molecule has 3 aromatic rings. The van der Waals surface area contributed by atoms with Crippen LogP contribution in [-0.4, -0.2) is 36.4 Å². The van der Waals surface area contributed by atoms with E-state index in [4.69, 9.17) is 0 Å². The van der Waals surface area contributed by atoms with Crippen LogP contribution < -0.4 is 5.32 Å². The van der Waals surface area contributed by atoms with Crippen molar-refractivity contribution in [1.29, 1.82) is 0 Å². The van der Waals surface area contributed by atoms with Crippen molar-refractivity contribution in [3.8, 4) is 0 Å². The molecule has 1 heterocycles. The maximum atomic E-state index is 12.5. The monoisotopic (exact) mass is 389 g/mol. The summed E-state index contributed by atoms with van der Waals surface area (Å²) in [7, 11) is -3.32. The number of nitrogens with one attached hydrogen (secondary N) is 1. The highest BCUT2D eigenvalue weighted by atomic mass is 32.2. The number of nitrogens with zero attached hydrogens (tertiary/aromatic N) is 2. The third kappa shape index (κ3) is 4.08. The van der Waals surface area contributed by atoms with Crippen molar-refractivity contribution < 1.29 is 13.2 Å². The first-order valence-electron chi connectivity index (χ1n) is 7.91. The Balaban J connectivity index is 1.85. The number of benzene rings is 2. The fourth-order valence-corrected chi connectivity index (χ4v) is 3.84. The quantitative estimate of drug-likeness (QED) is 0.701. The molecule has 1 amide bonds. The molecule has 0 radical (unpaired) electrons. The molecule has 0 aliphatic rings. The molecular formula is C18H19N3O3S2. The Morgan fingerprint density at radius 1 is 1.19 bits per heavy atom. The minimum atomic E-state index is -3.32. The topological polar surface area (TPSA) is 81.1 Å². The van der Waals surface area contributed by atoms with Gasteiger partial charge in [0.25, 0.3) is 0 Å². The van der Waals surface area contributed by atoms with E-state index in [1.807, 2.05) is 35.1 Å². The van der Waals surface area contributed by atoms with Gasteiger partial charge in [-0.25, -0.2) is 13.4 Å². The Hall–Kier alpha value is -2.32. The Labute approximate surface area is 156 Å². The summed E-state index contributed by atoms with van der Waals surface area (Å²) in [5.74, 6) is 1.30. The van der Waals surface area contributed by atoms with Gasteiger partial charge >= 0.3 is 0 Å². The summed E-state index contributed by atoms with van der Waals surface area (Å²) in [5, 5.41) is 2.77. The van der Waals surface area contributed by atoms with Gasteiger partial charge in [0.1, 0.15) is 12.4 Å². The summed E-state index contributed by atoms with van der Waals surface area (Å²) < 4.78 is 25.2.